The summed E-state index contributed by atoms with van der Waals surface area (Å²) in [5, 5.41) is 3.43. The summed E-state index contributed by atoms with van der Waals surface area (Å²) in [5.41, 5.74) is 5.92. The second-order valence-electron chi connectivity index (χ2n) is 4.95. The second kappa shape index (κ2) is 12.0. The topological polar surface area (TPSA) is 26.0 Å². The normalized spacial score (nSPS) is 19.6. The smallest absolute Gasteiger partial charge is 0.0491 e. The molecule has 0 bridgehead atoms. The molecule has 0 radical (unpaired) electrons. The van der Waals surface area contributed by atoms with Crippen molar-refractivity contribution in [2.24, 2.45) is 5.73 Å². The lowest BCUT2D eigenvalue weighted by Crippen LogP contribution is -1.97. The molecule has 0 fully saturated rings. The molecule has 0 saturated heterocycles. The van der Waals surface area contributed by atoms with Crippen LogP contribution in [-0.4, -0.2) is 5.75 Å². The predicted octanol–water partition coefficient (Wildman–Crippen LogP) is 5.27. The van der Waals surface area contributed by atoms with Crippen molar-refractivity contribution in [1.29, 1.82) is 0 Å². The third-order valence-electron chi connectivity index (χ3n) is 3.37. The van der Waals surface area contributed by atoms with Crippen molar-refractivity contribution in [2.45, 2.75) is 64.7 Å². The van der Waals surface area contributed by atoms with Gasteiger partial charge in [0.1, 0.15) is 0 Å². The van der Waals surface area contributed by atoms with E-state index in [4.69, 9.17) is 5.73 Å². The van der Waals surface area contributed by atoms with Gasteiger partial charge in [0.15, 0.2) is 0 Å². The first-order valence-electron chi connectivity index (χ1n) is 7.25. The molecule has 0 aliphatic carbocycles. The lowest BCUT2D eigenvalue weighted by Gasteiger charge is -2.13. The highest BCUT2D eigenvalue weighted by atomic mass is 35.5. The van der Waals surface area contributed by atoms with Crippen molar-refractivity contribution in [3.63, 3.8) is 0 Å². The highest BCUT2D eigenvalue weighted by Crippen LogP contribution is 2.38. The molecule has 0 spiro atoms. The van der Waals surface area contributed by atoms with Gasteiger partial charge in [-0.2, -0.15) is 10.9 Å². The highest BCUT2D eigenvalue weighted by Gasteiger charge is 2.05. The zero-order valence-corrected chi connectivity index (χ0v) is 13.4. The van der Waals surface area contributed by atoms with Crippen LogP contribution in [0.25, 0.3) is 0 Å². The molecule has 0 aromatic carbocycles. The molecule has 1 atom stereocenters. The summed E-state index contributed by atoms with van der Waals surface area (Å²) in [6, 6.07) is 0. The van der Waals surface area contributed by atoms with Crippen LogP contribution in [0, 0.1) is 0 Å². The van der Waals surface area contributed by atoms with Gasteiger partial charge in [-0.25, -0.2) is 0 Å². The SMILES string of the molecule is CCCCCCCCCCC[SH]1C=CC=C1N.Cl. The lowest BCUT2D eigenvalue weighted by atomic mass is 10.1. The van der Waals surface area contributed by atoms with Gasteiger partial charge < -0.3 is 5.73 Å². The third-order valence-corrected chi connectivity index (χ3v) is 5.51. The summed E-state index contributed by atoms with van der Waals surface area (Å²) in [7, 11) is -0.0805. The van der Waals surface area contributed by atoms with Crippen LogP contribution in [-0.2, 0) is 0 Å². The summed E-state index contributed by atoms with van der Waals surface area (Å²) in [4.78, 5) is 0. The molecule has 3 heteroatoms. The number of hydrogen-bond donors (Lipinski definition) is 2. The Morgan fingerprint density at radius 2 is 1.50 bits per heavy atom. The first-order valence-corrected chi connectivity index (χ1v) is 8.85. The minimum Gasteiger partial charge on any atom is -0.395 e. The molecule has 0 aromatic heterocycles. The van der Waals surface area contributed by atoms with E-state index in [2.05, 4.69) is 24.5 Å². The maximum absolute atomic E-state index is 5.92. The molecular formula is C15H30ClNS. The fourth-order valence-electron chi connectivity index (χ4n) is 2.22. The van der Waals surface area contributed by atoms with Crippen molar-refractivity contribution in [1.82, 2.24) is 0 Å². The molecule has 1 rings (SSSR count). The first-order chi connectivity index (χ1) is 8.34. The minimum absolute atomic E-state index is 0. The Bertz CT molecular complexity index is 251. The molecule has 1 aliphatic heterocycles. The number of nitrogens with two attached hydrogens (primary N) is 1. The summed E-state index contributed by atoms with van der Waals surface area (Å²) in [5.74, 6) is 1.31. The first kappa shape index (κ1) is 17.9. The lowest BCUT2D eigenvalue weighted by molar-refractivity contribution is 0.573. The molecule has 2 N–H and O–H groups in total. The largest absolute Gasteiger partial charge is 0.395 e. The van der Waals surface area contributed by atoms with E-state index < -0.39 is 0 Å². The number of thiol groups is 1. The summed E-state index contributed by atoms with van der Waals surface area (Å²) >= 11 is 0. The van der Waals surface area contributed by atoms with E-state index in [1.165, 1.54) is 63.5 Å². The molecule has 0 aromatic rings. The fraction of sp³-hybridized carbons (Fsp3) is 0.733. The van der Waals surface area contributed by atoms with E-state index in [1.54, 1.807) is 0 Å². The van der Waals surface area contributed by atoms with Crippen LogP contribution >= 0.6 is 23.3 Å². The van der Waals surface area contributed by atoms with Crippen LogP contribution in [0.5, 0.6) is 0 Å². The molecule has 108 valence electrons. The summed E-state index contributed by atoms with van der Waals surface area (Å²) < 4.78 is 0. The van der Waals surface area contributed by atoms with Crippen LogP contribution in [0.15, 0.2) is 22.6 Å². The Morgan fingerprint density at radius 3 is 2.00 bits per heavy atom. The quantitative estimate of drug-likeness (QED) is 0.416. The van der Waals surface area contributed by atoms with E-state index in [9.17, 15) is 0 Å². The van der Waals surface area contributed by atoms with Crippen LogP contribution in [0.2, 0.25) is 0 Å². The van der Waals surface area contributed by atoms with Gasteiger partial charge in [-0.1, -0.05) is 64.4 Å². The van der Waals surface area contributed by atoms with Crippen LogP contribution in [0.1, 0.15) is 64.7 Å². The van der Waals surface area contributed by atoms with Gasteiger partial charge in [0.2, 0.25) is 0 Å². The van der Waals surface area contributed by atoms with Gasteiger partial charge in [0.05, 0.1) is 0 Å². The number of allylic oxidation sites excluding steroid dienone is 2. The number of hydrogen-bond acceptors (Lipinski definition) is 1. The van der Waals surface area contributed by atoms with E-state index in [-0.39, 0.29) is 23.3 Å². The van der Waals surface area contributed by atoms with Gasteiger partial charge in [0.25, 0.3) is 0 Å². The molecule has 18 heavy (non-hydrogen) atoms. The zero-order valence-electron chi connectivity index (χ0n) is 11.7. The highest BCUT2D eigenvalue weighted by molar-refractivity contribution is 8.23. The fourth-order valence-corrected chi connectivity index (χ4v) is 3.94. The number of rotatable bonds is 10. The maximum atomic E-state index is 5.92. The van der Waals surface area contributed by atoms with Gasteiger partial charge in [-0.3, -0.25) is 0 Å². The van der Waals surface area contributed by atoms with Crippen molar-refractivity contribution in [3.8, 4) is 0 Å². The Balaban J connectivity index is 0.00000289. The monoisotopic (exact) mass is 291 g/mol. The maximum Gasteiger partial charge on any atom is 0.0491 e. The van der Waals surface area contributed by atoms with Gasteiger partial charge >= 0.3 is 0 Å². The molecule has 1 unspecified atom stereocenters. The third kappa shape index (κ3) is 8.10. The molecule has 1 aliphatic rings. The summed E-state index contributed by atoms with van der Waals surface area (Å²) in [6.45, 7) is 2.28. The van der Waals surface area contributed by atoms with Gasteiger partial charge in [0, 0.05) is 5.03 Å². The van der Waals surface area contributed by atoms with Crippen molar-refractivity contribution in [2.75, 3.05) is 5.75 Å². The van der Waals surface area contributed by atoms with Crippen molar-refractivity contribution >= 4 is 23.3 Å². The zero-order chi connectivity index (χ0) is 12.3. The number of halogens is 1. The predicted molar refractivity (Wildman–Crippen MR) is 89.7 cm³/mol. The summed E-state index contributed by atoms with van der Waals surface area (Å²) in [6.07, 6.45) is 16.9. The second-order valence-corrected chi connectivity index (χ2v) is 7.16. The molecular weight excluding hydrogens is 262 g/mol. The Labute approximate surface area is 122 Å². The van der Waals surface area contributed by atoms with Crippen LogP contribution in [0.3, 0.4) is 0 Å². The van der Waals surface area contributed by atoms with E-state index >= 15 is 0 Å². The molecule has 0 amide bonds. The Kier molecular flexibility index (Phi) is 11.9. The van der Waals surface area contributed by atoms with Crippen LogP contribution in [0.4, 0.5) is 0 Å². The standard InChI is InChI=1S/C15H29NS.ClH/c1-2-3-4-5-6-7-8-9-10-13-17-14-11-12-15(17)16;/h11-12,14,17H,2-10,13,16H2,1H3;1H. The van der Waals surface area contributed by atoms with Crippen molar-refractivity contribution in [3.05, 3.63) is 22.6 Å². The Morgan fingerprint density at radius 1 is 0.944 bits per heavy atom. The van der Waals surface area contributed by atoms with Gasteiger partial charge in [-0.15, -0.1) is 12.4 Å². The van der Waals surface area contributed by atoms with E-state index in [0.717, 1.165) is 5.03 Å². The van der Waals surface area contributed by atoms with E-state index in [0.29, 0.717) is 0 Å². The molecule has 1 heterocycles. The molecule has 0 saturated carbocycles. The van der Waals surface area contributed by atoms with Gasteiger partial charge in [-0.05, 0) is 23.7 Å². The molecule has 1 nitrogen and oxygen atoms in total. The van der Waals surface area contributed by atoms with Crippen molar-refractivity contribution < 1.29 is 0 Å². The number of unbranched alkanes of at least 4 members (excludes halogenated alkanes) is 8. The average molecular weight is 292 g/mol. The Hall–Kier alpha value is -0.0800. The van der Waals surface area contributed by atoms with Crippen LogP contribution < -0.4 is 5.73 Å². The minimum atomic E-state index is -0.0805. The average Bonchev–Trinajstić information content (AvgIpc) is 2.73. The van der Waals surface area contributed by atoms with E-state index in [1.807, 2.05) is 0 Å².